The Labute approximate surface area is 164 Å². The predicted octanol–water partition coefficient (Wildman–Crippen LogP) is 4.68. The monoisotopic (exact) mass is 444 g/mol. The molecule has 0 aromatic heterocycles. The van der Waals surface area contributed by atoms with Gasteiger partial charge in [0, 0.05) is 5.02 Å². The molecular weight excluding hydrogens is 431 g/mol. The molecule has 0 unspecified atom stereocenters. The summed E-state index contributed by atoms with van der Waals surface area (Å²) in [5.74, 6) is 0.688. The summed E-state index contributed by atoms with van der Waals surface area (Å²) >= 11 is 15.2. The molecule has 0 heterocycles. The summed E-state index contributed by atoms with van der Waals surface area (Å²) in [5, 5.41) is 4.89. The molecule has 0 aliphatic carbocycles. The number of nitrogens with one attached hydrogen (secondary N) is 1. The van der Waals surface area contributed by atoms with Gasteiger partial charge in [0.1, 0.15) is 11.5 Å². The molecule has 0 saturated carbocycles. The molecule has 2 aromatic rings. The Morgan fingerprint density at radius 2 is 1.92 bits per heavy atom. The molecule has 0 atom stereocenters. The molecule has 8 heteroatoms. The quantitative estimate of drug-likeness (QED) is 0.518. The Morgan fingerprint density at radius 3 is 2.56 bits per heavy atom. The van der Waals surface area contributed by atoms with Crippen LogP contribution in [0.5, 0.6) is 11.5 Å². The molecule has 0 spiro atoms. The summed E-state index contributed by atoms with van der Waals surface area (Å²) < 4.78 is 11.3. The van der Waals surface area contributed by atoms with Gasteiger partial charge in [-0.2, -0.15) is 5.10 Å². The summed E-state index contributed by atoms with van der Waals surface area (Å²) in [6, 6.07) is 10.3. The van der Waals surface area contributed by atoms with Crippen LogP contribution in [0.15, 0.2) is 46.0 Å². The summed E-state index contributed by atoms with van der Waals surface area (Å²) in [6.45, 7) is 1.57. The number of carbonyl (C=O) groups is 1. The molecule has 0 radical (unpaired) electrons. The Bertz CT molecular complexity index is 812. The minimum Gasteiger partial charge on any atom is -0.496 e. The van der Waals surface area contributed by atoms with Crippen molar-refractivity contribution in [3.63, 3.8) is 0 Å². The van der Waals surface area contributed by atoms with E-state index in [4.69, 9.17) is 32.7 Å². The Balaban J connectivity index is 1.93. The normalized spacial score (nSPS) is 11.2. The van der Waals surface area contributed by atoms with E-state index in [0.717, 1.165) is 10.0 Å². The van der Waals surface area contributed by atoms with E-state index in [9.17, 15) is 4.79 Å². The largest absolute Gasteiger partial charge is 0.496 e. The van der Waals surface area contributed by atoms with Gasteiger partial charge in [-0.1, -0.05) is 23.2 Å². The lowest BCUT2D eigenvalue weighted by Crippen LogP contribution is -2.25. The molecular formula is C17H15BrCl2N2O3. The third-order valence-electron chi connectivity index (χ3n) is 3.17. The fraction of sp³-hybridized carbons (Fsp3) is 0.176. The molecule has 5 nitrogen and oxygen atoms in total. The summed E-state index contributed by atoms with van der Waals surface area (Å²) in [6.07, 6.45) is 0. The van der Waals surface area contributed by atoms with Crippen LogP contribution in [0.3, 0.4) is 0 Å². The van der Waals surface area contributed by atoms with Crippen molar-refractivity contribution < 1.29 is 14.3 Å². The SMILES string of the molecule is COc1ccc(/C(C)=N\NC(=O)COc2ccc(Cl)cc2Cl)cc1Br. The molecule has 0 aliphatic heterocycles. The van der Waals surface area contributed by atoms with E-state index < -0.39 is 5.91 Å². The summed E-state index contributed by atoms with van der Waals surface area (Å²) in [7, 11) is 1.59. The fourth-order valence-corrected chi connectivity index (χ4v) is 2.87. The second-order valence-corrected chi connectivity index (χ2v) is 6.64. The number of hydrazone groups is 1. The van der Waals surface area contributed by atoms with Gasteiger partial charge in [-0.3, -0.25) is 4.79 Å². The number of carbonyl (C=O) groups excluding carboxylic acids is 1. The molecule has 0 fully saturated rings. The number of hydrogen-bond donors (Lipinski definition) is 1. The maximum absolute atomic E-state index is 11.9. The number of benzene rings is 2. The topological polar surface area (TPSA) is 59.9 Å². The number of hydrogen-bond acceptors (Lipinski definition) is 4. The van der Waals surface area contributed by atoms with Crippen molar-refractivity contribution in [3.8, 4) is 11.5 Å². The second-order valence-electron chi connectivity index (χ2n) is 4.94. The third kappa shape index (κ3) is 5.63. The van der Waals surface area contributed by atoms with E-state index in [-0.39, 0.29) is 6.61 Å². The van der Waals surface area contributed by atoms with Crippen molar-refractivity contribution in [3.05, 3.63) is 56.5 Å². The lowest BCUT2D eigenvalue weighted by molar-refractivity contribution is -0.123. The van der Waals surface area contributed by atoms with Gasteiger partial charge in [-0.25, -0.2) is 5.43 Å². The van der Waals surface area contributed by atoms with Gasteiger partial charge < -0.3 is 9.47 Å². The lowest BCUT2D eigenvalue weighted by Gasteiger charge is -2.08. The summed E-state index contributed by atoms with van der Waals surface area (Å²) in [4.78, 5) is 11.9. The van der Waals surface area contributed by atoms with Crippen LogP contribution in [0.25, 0.3) is 0 Å². The second kappa shape index (κ2) is 9.08. The molecule has 0 saturated heterocycles. The van der Waals surface area contributed by atoms with Gasteiger partial charge in [0.25, 0.3) is 5.91 Å². The third-order valence-corrected chi connectivity index (χ3v) is 4.32. The van der Waals surface area contributed by atoms with E-state index in [0.29, 0.717) is 27.3 Å². The van der Waals surface area contributed by atoms with Gasteiger partial charge in [0.15, 0.2) is 6.61 Å². The minimum absolute atomic E-state index is 0.218. The van der Waals surface area contributed by atoms with Crippen LogP contribution in [0.2, 0.25) is 10.0 Å². The number of nitrogens with zero attached hydrogens (tertiary/aromatic N) is 1. The average molecular weight is 446 g/mol. The number of methoxy groups -OCH3 is 1. The van der Waals surface area contributed by atoms with Crippen molar-refractivity contribution in [1.29, 1.82) is 0 Å². The van der Waals surface area contributed by atoms with Crippen LogP contribution < -0.4 is 14.9 Å². The molecule has 132 valence electrons. The van der Waals surface area contributed by atoms with E-state index >= 15 is 0 Å². The maximum Gasteiger partial charge on any atom is 0.277 e. The van der Waals surface area contributed by atoms with Crippen molar-refractivity contribution in [2.75, 3.05) is 13.7 Å². The zero-order valence-corrected chi connectivity index (χ0v) is 16.6. The highest BCUT2D eigenvalue weighted by Crippen LogP contribution is 2.27. The first-order valence-electron chi connectivity index (χ1n) is 7.15. The Morgan fingerprint density at radius 1 is 1.20 bits per heavy atom. The van der Waals surface area contributed by atoms with Crippen LogP contribution in [-0.2, 0) is 4.79 Å². The van der Waals surface area contributed by atoms with Crippen LogP contribution in [-0.4, -0.2) is 25.3 Å². The number of rotatable bonds is 6. The number of ether oxygens (including phenoxy) is 2. The minimum atomic E-state index is -0.405. The fourth-order valence-electron chi connectivity index (χ4n) is 1.87. The van der Waals surface area contributed by atoms with Gasteiger partial charge in [-0.15, -0.1) is 0 Å². The smallest absolute Gasteiger partial charge is 0.277 e. The van der Waals surface area contributed by atoms with Crippen LogP contribution >= 0.6 is 39.1 Å². The molecule has 0 aliphatic rings. The molecule has 2 rings (SSSR count). The van der Waals surface area contributed by atoms with E-state index in [2.05, 4.69) is 26.5 Å². The summed E-state index contributed by atoms with van der Waals surface area (Å²) in [5.41, 5.74) is 3.92. The highest BCUT2D eigenvalue weighted by Gasteiger charge is 2.07. The zero-order valence-electron chi connectivity index (χ0n) is 13.5. The van der Waals surface area contributed by atoms with Crippen molar-refractivity contribution >= 4 is 50.8 Å². The van der Waals surface area contributed by atoms with Gasteiger partial charge in [0.05, 0.1) is 22.3 Å². The van der Waals surface area contributed by atoms with E-state index in [1.54, 1.807) is 32.2 Å². The average Bonchev–Trinajstić information content (AvgIpc) is 2.58. The van der Waals surface area contributed by atoms with Crippen molar-refractivity contribution in [2.45, 2.75) is 6.92 Å². The molecule has 25 heavy (non-hydrogen) atoms. The molecule has 2 aromatic carbocycles. The lowest BCUT2D eigenvalue weighted by atomic mass is 10.1. The van der Waals surface area contributed by atoms with Crippen molar-refractivity contribution in [2.24, 2.45) is 5.10 Å². The Kier molecular flexibility index (Phi) is 7.11. The van der Waals surface area contributed by atoms with Crippen LogP contribution in [0.4, 0.5) is 0 Å². The highest BCUT2D eigenvalue weighted by atomic mass is 79.9. The standard InChI is InChI=1S/C17H15BrCl2N2O3/c1-10(11-3-5-15(24-2)13(18)7-11)21-22-17(23)9-25-16-6-4-12(19)8-14(16)20/h3-8H,9H2,1-2H3,(H,22,23)/b21-10-. The first-order chi connectivity index (χ1) is 11.9. The van der Waals surface area contributed by atoms with Crippen LogP contribution in [0, 0.1) is 0 Å². The van der Waals surface area contributed by atoms with Gasteiger partial charge in [0.2, 0.25) is 0 Å². The maximum atomic E-state index is 11.9. The Hall–Kier alpha value is -1.76. The number of amides is 1. The van der Waals surface area contributed by atoms with Crippen LogP contribution in [0.1, 0.15) is 12.5 Å². The molecule has 1 amide bonds. The van der Waals surface area contributed by atoms with Crippen molar-refractivity contribution in [1.82, 2.24) is 5.43 Å². The number of halogens is 3. The van der Waals surface area contributed by atoms with Gasteiger partial charge >= 0.3 is 0 Å². The van der Waals surface area contributed by atoms with Gasteiger partial charge in [-0.05, 0) is 64.8 Å². The first kappa shape index (κ1) is 19.6. The van der Waals surface area contributed by atoms with E-state index in [1.165, 1.54) is 0 Å². The highest BCUT2D eigenvalue weighted by molar-refractivity contribution is 9.10. The first-order valence-corrected chi connectivity index (χ1v) is 8.70. The zero-order chi connectivity index (χ0) is 18.4. The molecule has 0 bridgehead atoms. The van der Waals surface area contributed by atoms with E-state index in [1.807, 2.05) is 18.2 Å². The molecule has 1 N–H and O–H groups in total. The predicted molar refractivity (Wildman–Crippen MR) is 103 cm³/mol.